The molecule has 0 amide bonds. The zero-order valence-electron chi connectivity index (χ0n) is 17.0. The van der Waals surface area contributed by atoms with Gasteiger partial charge in [-0.1, -0.05) is 41.4 Å². The highest BCUT2D eigenvalue weighted by molar-refractivity contribution is 6.38. The zero-order chi connectivity index (χ0) is 21.6. The summed E-state index contributed by atoms with van der Waals surface area (Å²) in [5, 5.41) is 14.1. The van der Waals surface area contributed by atoms with E-state index in [-0.39, 0.29) is 0 Å². The van der Waals surface area contributed by atoms with E-state index in [9.17, 15) is 5.11 Å². The predicted octanol–water partition coefficient (Wildman–Crippen LogP) is 4.09. The van der Waals surface area contributed by atoms with Crippen LogP contribution >= 0.6 is 23.2 Å². The number of para-hydroxylation sites is 1. The first kappa shape index (κ1) is 24.7. The minimum Gasteiger partial charge on any atom is -0.494 e. The van der Waals surface area contributed by atoms with Crippen LogP contribution in [0.3, 0.4) is 0 Å². The second kappa shape index (κ2) is 14.5. The summed E-state index contributed by atoms with van der Waals surface area (Å²) in [7, 11) is 0. The molecule has 166 valence electrons. The average Bonchev–Trinajstić information content (AvgIpc) is 2.75. The number of hydrogen-bond acceptors (Lipinski definition) is 6. The fourth-order valence-electron chi connectivity index (χ4n) is 2.64. The Kier molecular flexibility index (Phi) is 11.9. The topological polar surface area (TPSA) is 86.0 Å². The third kappa shape index (κ3) is 9.51. The lowest BCUT2D eigenvalue weighted by Gasteiger charge is -2.14. The van der Waals surface area contributed by atoms with Crippen molar-refractivity contribution in [2.24, 2.45) is 0 Å². The second-order valence-corrected chi connectivity index (χ2v) is 7.53. The standard InChI is InChI=1S/C22H30Cl2N2O4/c23-19-14-17(15-20(24)22(19)25)21(27)16-26-8-4-9-28-12-13-29-10-5-11-30-18-6-2-1-3-7-18/h1-3,6-7,14-15,21,26-27H,4-5,8-13,16,25H2. The fraction of sp³-hybridized carbons (Fsp3) is 0.455. The van der Waals surface area contributed by atoms with Gasteiger partial charge in [0, 0.05) is 26.2 Å². The number of hydrogen-bond donors (Lipinski definition) is 3. The number of aliphatic hydroxyl groups excluding tert-OH is 1. The summed E-state index contributed by atoms with van der Waals surface area (Å²) < 4.78 is 16.7. The monoisotopic (exact) mass is 456 g/mol. The first-order valence-electron chi connectivity index (χ1n) is 10.0. The SMILES string of the molecule is Nc1c(Cl)cc(C(O)CNCCCOCCOCCCOc2ccccc2)cc1Cl. The second-order valence-electron chi connectivity index (χ2n) is 6.71. The highest BCUT2D eigenvalue weighted by atomic mass is 35.5. The number of ether oxygens (including phenoxy) is 3. The third-order valence-corrected chi connectivity index (χ3v) is 4.91. The molecule has 0 aliphatic heterocycles. The van der Waals surface area contributed by atoms with Gasteiger partial charge in [0.25, 0.3) is 0 Å². The lowest BCUT2D eigenvalue weighted by molar-refractivity contribution is 0.0426. The molecule has 0 saturated heterocycles. The number of anilines is 1. The zero-order valence-corrected chi connectivity index (χ0v) is 18.5. The van der Waals surface area contributed by atoms with Crippen LogP contribution in [0.4, 0.5) is 5.69 Å². The van der Waals surface area contributed by atoms with Gasteiger partial charge >= 0.3 is 0 Å². The van der Waals surface area contributed by atoms with Crippen LogP contribution in [0.15, 0.2) is 42.5 Å². The Morgan fingerprint density at radius 3 is 2.20 bits per heavy atom. The van der Waals surface area contributed by atoms with E-state index in [0.717, 1.165) is 25.1 Å². The van der Waals surface area contributed by atoms with E-state index in [0.29, 0.717) is 60.9 Å². The molecule has 0 bridgehead atoms. The first-order valence-corrected chi connectivity index (χ1v) is 10.8. The summed E-state index contributed by atoms with van der Waals surface area (Å²) in [6.45, 7) is 4.16. The molecule has 2 aromatic carbocycles. The highest BCUT2D eigenvalue weighted by Gasteiger charge is 2.11. The number of halogens is 2. The van der Waals surface area contributed by atoms with Crippen LogP contribution < -0.4 is 15.8 Å². The maximum Gasteiger partial charge on any atom is 0.119 e. The average molecular weight is 457 g/mol. The number of nitrogen functional groups attached to an aromatic ring is 1. The molecule has 0 aliphatic carbocycles. The molecule has 4 N–H and O–H groups in total. The minimum atomic E-state index is -0.708. The van der Waals surface area contributed by atoms with Crippen LogP contribution in [0.25, 0.3) is 0 Å². The van der Waals surface area contributed by atoms with Gasteiger partial charge < -0.3 is 30.4 Å². The van der Waals surface area contributed by atoms with Crippen molar-refractivity contribution in [2.75, 3.05) is 51.9 Å². The molecule has 0 spiro atoms. The summed E-state index contributed by atoms with van der Waals surface area (Å²) in [6, 6.07) is 13.0. The van der Waals surface area contributed by atoms with Crippen molar-refractivity contribution in [3.05, 3.63) is 58.1 Å². The van der Waals surface area contributed by atoms with Crippen molar-refractivity contribution in [3.8, 4) is 5.75 Å². The van der Waals surface area contributed by atoms with Gasteiger partial charge in [0.15, 0.2) is 0 Å². The molecule has 0 aliphatic rings. The number of aliphatic hydroxyl groups is 1. The maximum absolute atomic E-state index is 10.2. The van der Waals surface area contributed by atoms with Gasteiger partial charge in [-0.25, -0.2) is 0 Å². The highest BCUT2D eigenvalue weighted by Crippen LogP contribution is 2.31. The Morgan fingerprint density at radius 1 is 0.900 bits per heavy atom. The first-order chi connectivity index (χ1) is 14.6. The predicted molar refractivity (Wildman–Crippen MR) is 122 cm³/mol. The van der Waals surface area contributed by atoms with E-state index in [4.69, 9.17) is 43.1 Å². The molecule has 0 fully saturated rings. The van der Waals surface area contributed by atoms with Gasteiger partial charge in [-0.15, -0.1) is 0 Å². The summed E-state index contributed by atoms with van der Waals surface area (Å²) in [4.78, 5) is 0. The van der Waals surface area contributed by atoms with Crippen LogP contribution in [0.1, 0.15) is 24.5 Å². The molecule has 30 heavy (non-hydrogen) atoms. The van der Waals surface area contributed by atoms with Gasteiger partial charge in [-0.05, 0) is 42.8 Å². The lowest BCUT2D eigenvalue weighted by atomic mass is 10.1. The third-order valence-electron chi connectivity index (χ3n) is 4.28. The molecule has 0 heterocycles. The molecule has 2 rings (SSSR count). The molecule has 1 unspecified atom stereocenters. The van der Waals surface area contributed by atoms with E-state index < -0.39 is 6.10 Å². The minimum absolute atomic E-state index is 0.323. The van der Waals surface area contributed by atoms with Gasteiger partial charge in [0.1, 0.15) is 5.75 Å². The number of nitrogens with one attached hydrogen (secondary N) is 1. The Morgan fingerprint density at radius 2 is 1.53 bits per heavy atom. The molecule has 0 radical (unpaired) electrons. The van der Waals surface area contributed by atoms with Crippen LogP contribution in [0, 0.1) is 0 Å². The van der Waals surface area contributed by atoms with E-state index >= 15 is 0 Å². The Balaban J connectivity index is 1.39. The van der Waals surface area contributed by atoms with Crippen molar-refractivity contribution in [1.29, 1.82) is 0 Å². The van der Waals surface area contributed by atoms with Crippen molar-refractivity contribution in [3.63, 3.8) is 0 Å². The molecule has 2 aromatic rings. The van der Waals surface area contributed by atoms with Gasteiger partial charge in [0.2, 0.25) is 0 Å². The summed E-state index contributed by atoms with van der Waals surface area (Å²) >= 11 is 12.0. The molecule has 0 saturated carbocycles. The molecule has 1 atom stereocenters. The Hall–Kier alpha value is -1.54. The van der Waals surface area contributed by atoms with E-state index in [1.54, 1.807) is 12.1 Å². The molecule has 8 heteroatoms. The Bertz CT molecular complexity index is 711. The molecular formula is C22H30Cl2N2O4. The summed E-state index contributed by atoms with van der Waals surface area (Å²) in [6.07, 6.45) is 0.965. The summed E-state index contributed by atoms with van der Waals surface area (Å²) in [5.41, 5.74) is 6.66. The largest absolute Gasteiger partial charge is 0.494 e. The van der Waals surface area contributed by atoms with Crippen molar-refractivity contribution < 1.29 is 19.3 Å². The number of nitrogens with two attached hydrogens (primary N) is 1. The van der Waals surface area contributed by atoms with Crippen molar-refractivity contribution in [1.82, 2.24) is 5.32 Å². The van der Waals surface area contributed by atoms with Crippen molar-refractivity contribution >= 4 is 28.9 Å². The lowest BCUT2D eigenvalue weighted by Crippen LogP contribution is -2.23. The maximum atomic E-state index is 10.2. The van der Waals surface area contributed by atoms with E-state index in [2.05, 4.69) is 5.32 Å². The number of benzene rings is 2. The van der Waals surface area contributed by atoms with Crippen LogP contribution in [0.2, 0.25) is 10.0 Å². The Labute approximate surface area is 188 Å². The van der Waals surface area contributed by atoms with E-state index in [1.807, 2.05) is 30.3 Å². The van der Waals surface area contributed by atoms with Crippen LogP contribution in [-0.2, 0) is 9.47 Å². The van der Waals surface area contributed by atoms with Crippen LogP contribution in [0.5, 0.6) is 5.75 Å². The number of rotatable bonds is 15. The van der Waals surface area contributed by atoms with Gasteiger partial charge in [-0.3, -0.25) is 0 Å². The van der Waals surface area contributed by atoms with Crippen molar-refractivity contribution in [2.45, 2.75) is 18.9 Å². The quantitative estimate of drug-likeness (QED) is 0.276. The normalized spacial score (nSPS) is 12.1. The van der Waals surface area contributed by atoms with E-state index in [1.165, 1.54) is 0 Å². The van der Waals surface area contributed by atoms with Gasteiger partial charge in [0.05, 0.1) is 41.7 Å². The fourth-order valence-corrected chi connectivity index (χ4v) is 3.15. The smallest absolute Gasteiger partial charge is 0.119 e. The molecule has 0 aromatic heterocycles. The molecular weight excluding hydrogens is 427 g/mol. The van der Waals surface area contributed by atoms with Gasteiger partial charge in [-0.2, -0.15) is 0 Å². The molecule has 6 nitrogen and oxygen atoms in total. The van der Waals surface area contributed by atoms with Crippen LogP contribution in [-0.4, -0.2) is 51.2 Å². The summed E-state index contributed by atoms with van der Waals surface area (Å²) in [5.74, 6) is 0.878.